The lowest BCUT2D eigenvalue weighted by molar-refractivity contribution is -0.141. The highest BCUT2D eigenvalue weighted by atomic mass is 19.4. The number of aromatic amines is 1. The number of urea groups is 1. The Kier molecular flexibility index (Phi) is 5.17. The minimum absolute atomic E-state index is 0.0797. The molecular formula is C20H24F3N7O2. The molecule has 1 N–H and O–H groups in total. The van der Waals surface area contributed by atoms with E-state index in [1.54, 1.807) is 0 Å². The minimum atomic E-state index is -4.51. The highest BCUT2D eigenvalue weighted by molar-refractivity contribution is 5.76. The maximum absolute atomic E-state index is 12.9. The molecule has 2 amide bonds. The third-order valence-corrected chi connectivity index (χ3v) is 6.80. The molecule has 1 saturated carbocycles. The summed E-state index contributed by atoms with van der Waals surface area (Å²) in [6, 6.07) is 0.0797. The molecule has 2 aromatic heterocycles. The minimum Gasteiger partial charge on any atom is -0.473 e. The molecule has 1 spiro atoms. The summed E-state index contributed by atoms with van der Waals surface area (Å²) in [5.41, 5.74) is -0.914. The van der Waals surface area contributed by atoms with Crippen molar-refractivity contribution in [2.45, 2.75) is 50.3 Å². The quantitative estimate of drug-likeness (QED) is 0.770. The molecule has 3 fully saturated rings. The van der Waals surface area contributed by atoms with Gasteiger partial charge in [0.25, 0.3) is 0 Å². The van der Waals surface area contributed by atoms with Crippen molar-refractivity contribution in [2.24, 2.45) is 5.41 Å². The molecule has 2 aliphatic heterocycles. The van der Waals surface area contributed by atoms with Gasteiger partial charge in [0.2, 0.25) is 5.88 Å². The number of nitrogens with one attached hydrogen (secondary N) is 1. The number of halogens is 3. The fraction of sp³-hybridized carbons (Fsp3) is 0.650. The number of aromatic nitrogens is 5. The van der Waals surface area contributed by atoms with Crippen LogP contribution in [0.2, 0.25) is 0 Å². The molecule has 1 aliphatic carbocycles. The first-order valence-corrected chi connectivity index (χ1v) is 10.8. The maximum atomic E-state index is 12.9. The first-order valence-electron chi connectivity index (χ1n) is 10.8. The normalized spacial score (nSPS) is 23.4. The molecule has 5 rings (SSSR count). The van der Waals surface area contributed by atoms with Gasteiger partial charge in [-0.05, 0) is 32.1 Å². The summed E-state index contributed by atoms with van der Waals surface area (Å²) >= 11 is 0. The number of alkyl halides is 3. The molecule has 1 unspecified atom stereocenters. The predicted octanol–water partition coefficient (Wildman–Crippen LogP) is 2.85. The van der Waals surface area contributed by atoms with Crippen molar-refractivity contribution in [3.63, 3.8) is 0 Å². The van der Waals surface area contributed by atoms with Gasteiger partial charge < -0.3 is 14.5 Å². The molecule has 32 heavy (non-hydrogen) atoms. The van der Waals surface area contributed by atoms with Crippen LogP contribution in [0.5, 0.6) is 5.88 Å². The Morgan fingerprint density at radius 1 is 1.09 bits per heavy atom. The monoisotopic (exact) mass is 451 g/mol. The van der Waals surface area contributed by atoms with Gasteiger partial charge in [-0.25, -0.2) is 19.7 Å². The van der Waals surface area contributed by atoms with E-state index in [0.717, 1.165) is 63.8 Å². The van der Waals surface area contributed by atoms with Crippen LogP contribution in [0.4, 0.5) is 18.0 Å². The van der Waals surface area contributed by atoms with E-state index in [0.29, 0.717) is 12.7 Å². The summed E-state index contributed by atoms with van der Waals surface area (Å²) in [6.07, 6.45) is 2.87. The van der Waals surface area contributed by atoms with E-state index in [1.807, 2.05) is 9.80 Å². The standard InChI is InChI=1S/C20H24F3N7O2/c21-20(22,23)15-7-25-16(8-24-15)32-14-1-4-19(5-2-14)10-30(11-19)18(31)29-6-3-13(9-29)17-26-12-27-28-17/h7-8,12-14H,1-6,9-11H2,(H,26,27,28). The zero-order valence-corrected chi connectivity index (χ0v) is 17.4. The first-order chi connectivity index (χ1) is 15.3. The van der Waals surface area contributed by atoms with Gasteiger partial charge in [0.15, 0.2) is 5.69 Å². The van der Waals surface area contributed by atoms with Gasteiger partial charge in [-0.2, -0.15) is 18.3 Å². The Morgan fingerprint density at radius 3 is 2.50 bits per heavy atom. The smallest absolute Gasteiger partial charge is 0.434 e. The average molecular weight is 451 g/mol. The van der Waals surface area contributed by atoms with E-state index < -0.39 is 11.9 Å². The first kappa shape index (κ1) is 21.0. The zero-order valence-electron chi connectivity index (χ0n) is 17.4. The Balaban J connectivity index is 1.08. The summed E-state index contributed by atoms with van der Waals surface area (Å²) in [5, 5.41) is 6.78. The van der Waals surface area contributed by atoms with E-state index in [2.05, 4.69) is 25.1 Å². The number of carbonyl (C=O) groups excluding carboxylic acids is 1. The molecule has 4 heterocycles. The Morgan fingerprint density at radius 2 is 1.88 bits per heavy atom. The van der Waals surface area contributed by atoms with Crippen LogP contribution in [-0.4, -0.2) is 73.3 Å². The van der Waals surface area contributed by atoms with Gasteiger partial charge in [0.1, 0.15) is 18.3 Å². The van der Waals surface area contributed by atoms with Gasteiger partial charge in [-0.1, -0.05) is 0 Å². The second-order valence-electron chi connectivity index (χ2n) is 9.00. The van der Waals surface area contributed by atoms with Crippen molar-refractivity contribution in [3.05, 3.63) is 30.2 Å². The third-order valence-electron chi connectivity index (χ3n) is 6.80. The number of hydrogen-bond acceptors (Lipinski definition) is 6. The molecule has 0 radical (unpaired) electrons. The molecule has 3 aliphatic rings. The van der Waals surface area contributed by atoms with Crippen molar-refractivity contribution in [3.8, 4) is 5.88 Å². The van der Waals surface area contributed by atoms with Gasteiger partial charge in [-0.15, -0.1) is 0 Å². The van der Waals surface area contributed by atoms with Gasteiger partial charge in [0, 0.05) is 37.5 Å². The van der Waals surface area contributed by atoms with E-state index >= 15 is 0 Å². The number of carbonyl (C=O) groups is 1. The van der Waals surface area contributed by atoms with Gasteiger partial charge in [0.05, 0.1) is 12.4 Å². The van der Waals surface area contributed by atoms with Crippen molar-refractivity contribution in [1.29, 1.82) is 0 Å². The van der Waals surface area contributed by atoms with Crippen LogP contribution in [0.25, 0.3) is 0 Å². The van der Waals surface area contributed by atoms with E-state index in [9.17, 15) is 18.0 Å². The summed E-state index contributed by atoms with van der Waals surface area (Å²) in [7, 11) is 0. The van der Waals surface area contributed by atoms with Crippen LogP contribution in [0.3, 0.4) is 0 Å². The highest BCUT2D eigenvalue weighted by Gasteiger charge is 2.48. The fourth-order valence-corrected chi connectivity index (χ4v) is 5.00. The zero-order chi connectivity index (χ0) is 22.3. The number of rotatable bonds is 3. The van der Waals surface area contributed by atoms with Crippen molar-refractivity contribution in [2.75, 3.05) is 26.2 Å². The van der Waals surface area contributed by atoms with Crippen LogP contribution in [-0.2, 0) is 6.18 Å². The number of likely N-dealkylation sites (tertiary alicyclic amines) is 2. The number of ether oxygens (including phenoxy) is 1. The summed E-state index contributed by atoms with van der Waals surface area (Å²) < 4.78 is 43.5. The number of amides is 2. The molecule has 12 heteroatoms. The van der Waals surface area contributed by atoms with Gasteiger partial charge in [-0.3, -0.25) is 5.10 Å². The molecule has 9 nitrogen and oxygen atoms in total. The molecule has 0 aromatic carbocycles. The molecule has 2 saturated heterocycles. The summed E-state index contributed by atoms with van der Waals surface area (Å²) in [4.78, 5) is 28.0. The number of nitrogens with zero attached hydrogens (tertiary/aromatic N) is 6. The summed E-state index contributed by atoms with van der Waals surface area (Å²) in [5.74, 6) is 1.15. The van der Waals surface area contributed by atoms with Crippen molar-refractivity contribution >= 4 is 6.03 Å². The van der Waals surface area contributed by atoms with Crippen molar-refractivity contribution < 1.29 is 22.7 Å². The lowest BCUT2D eigenvalue weighted by atomic mass is 9.68. The molecular weight excluding hydrogens is 427 g/mol. The van der Waals surface area contributed by atoms with Crippen LogP contribution in [0.1, 0.15) is 49.5 Å². The summed E-state index contributed by atoms with van der Waals surface area (Å²) in [6.45, 7) is 2.85. The van der Waals surface area contributed by atoms with Crippen LogP contribution in [0, 0.1) is 5.41 Å². The van der Waals surface area contributed by atoms with E-state index in [1.165, 1.54) is 6.33 Å². The average Bonchev–Trinajstić information content (AvgIpc) is 3.44. The van der Waals surface area contributed by atoms with Crippen LogP contribution >= 0.6 is 0 Å². The van der Waals surface area contributed by atoms with E-state index in [-0.39, 0.29) is 29.3 Å². The Hall–Kier alpha value is -2.92. The number of H-pyrrole nitrogens is 1. The van der Waals surface area contributed by atoms with Gasteiger partial charge >= 0.3 is 12.2 Å². The second kappa shape index (κ2) is 7.89. The molecule has 0 bridgehead atoms. The Bertz CT molecular complexity index is 935. The number of hydrogen-bond donors (Lipinski definition) is 1. The lowest BCUT2D eigenvalue weighted by Gasteiger charge is -2.53. The molecule has 172 valence electrons. The Labute approximate surface area is 182 Å². The van der Waals surface area contributed by atoms with Crippen molar-refractivity contribution in [1.82, 2.24) is 34.9 Å². The highest BCUT2D eigenvalue weighted by Crippen LogP contribution is 2.45. The van der Waals surface area contributed by atoms with E-state index in [4.69, 9.17) is 4.74 Å². The van der Waals surface area contributed by atoms with Crippen LogP contribution < -0.4 is 4.74 Å². The lowest BCUT2D eigenvalue weighted by Crippen LogP contribution is -2.62. The van der Waals surface area contributed by atoms with Crippen LogP contribution in [0.15, 0.2) is 18.7 Å². The maximum Gasteiger partial charge on any atom is 0.434 e. The SMILES string of the molecule is O=C(N1CCC(c2ncn[nH]2)C1)N1CC2(CCC(Oc3cnc(C(F)(F)F)cn3)CC2)C1. The molecule has 1 atom stereocenters. The third kappa shape index (κ3) is 4.09. The molecule has 2 aromatic rings. The second-order valence-corrected chi connectivity index (χ2v) is 9.00. The largest absolute Gasteiger partial charge is 0.473 e. The fourth-order valence-electron chi connectivity index (χ4n) is 5.00. The topological polar surface area (TPSA) is 100 Å². The predicted molar refractivity (Wildman–Crippen MR) is 105 cm³/mol.